The summed E-state index contributed by atoms with van der Waals surface area (Å²) in [6.45, 7) is 2.62. The molecule has 1 atom stereocenters. The molecule has 1 aliphatic rings. The van der Waals surface area contributed by atoms with Crippen molar-refractivity contribution in [3.63, 3.8) is 0 Å². The van der Waals surface area contributed by atoms with Crippen LogP contribution in [-0.2, 0) is 4.74 Å². The topological polar surface area (TPSA) is 44.5 Å². The van der Waals surface area contributed by atoms with Crippen LogP contribution in [0.2, 0.25) is 0 Å². The lowest BCUT2D eigenvalue weighted by molar-refractivity contribution is 0.00791. The molecule has 2 rings (SSSR count). The number of ether oxygens (including phenoxy) is 2. The number of nitrogens with two attached hydrogens (primary N) is 1. The van der Waals surface area contributed by atoms with E-state index < -0.39 is 5.82 Å². The summed E-state index contributed by atoms with van der Waals surface area (Å²) in [6, 6.07) is 4.59. The second-order valence-electron chi connectivity index (χ2n) is 4.55. The average Bonchev–Trinajstić information content (AvgIpc) is 3.09. The number of hydrogen-bond acceptors (Lipinski definition) is 3. The summed E-state index contributed by atoms with van der Waals surface area (Å²) in [4.78, 5) is 0. The van der Waals surface area contributed by atoms with Gasteiger partial charge in [-0.05, 0) is 43.4 Å². The van der Waals surface area contributed by atoms with E-state index in [-0.39, 0.29) is 18.6 Å². The van der Waals surface area contributed by atoms with Crippen molar-refractivity contribution in [2.45, 2.75) is 25.8 Å². The van der Waals surface area contributed by atoms with Gasteiger partial charge in [0.15, 0.2) is 18.4 Å². The van der Waals surface area contributed by atoms with Crippen molar-refractivity contribution >= 4 is 0 Å². The standard InChI is InChI=1S/C13H18FNO2/c1-9(15)11-4-5-13(12(14)6-11)17-8-16-7-10-2-3-10/h4-6,9-10H,2-3,7-8,15H2,1H3. The Bertz CT molecular complexity index is 378. The molecule has 17 heavy (non-hydrogen) atoms. The van der Waals surface area contributed by atoms with Crippen molar-refractivity contribution in [1.82, 2.24) is 0 Å². The highest BCUT2D eigenvalue weighted by molar-refractivity contribution is 5.30. The highest BCUT2D eigenvalue weighted by Gasteiger charge is 2.21. The van der Waals surface area contributed by atoms with Gasteiger partial charge >= 0.3 is 0 Å². The lowest BCUT2D eigenvalue weighted by Gasteiger charge is -2.10. The third-order valence-corrected chi connectivity index (χ3v) is 2.83. The van der Waals surface area contributed by atoms with E-state index in [0.717, 1.165) is 5.56 Å². The molecule has 4 heteroatoms. The van der Waals surface area contributed by atoms with E-state index in [2.05, 4.69) is 0 Å². The summed E-state index contributed by atoms with van der Waals surface area (Å²) in [6.07, 6.45) is 2.47. The molecule has 94 valence electrons. The molecule has 3 nitrogen and oxygen atoms in total. The van der Waals surface area contributed by atoms with Gasteiger partial charge in [0.05, 0.1) is 6.61 Å². The minimum Gasteiger partial charge on any atom is -0.464 e. The van der Waals surface area contributed by atoms with E-state index in [9.17, 15) is 4.39 Å². The van der Waals surface area contributed by atoms with Gasteiger partial charge in [0.1, 0.15) is 0 Å². The zero-order valence-corrected chi connectivity index (χ0v) is 9.99. The summed E-state index contributed by atoms with van der Waals surface area (Å²) in [5.74, 6) is 0.504. The summed E-state index contributed by atoms with van der Waals surface area (Å²) in [5, 5.41) is 0. The van der Waals surface area contributed by atoms with Crippen LogP contribution in [0.3, 0.4) is 0 Å². The second kappa shape index (κ2) is 5.47. The molecule has 0 bridgehead atoms. The first kappa shape index (κ1) is 12.3. The number of rotatable bonds is 6. The maximum absolute atomic E-state index is 13.6. The van der Waals surface area contributed by atoms with Gasteiger partial charge in [-0.2, -0.15) is 0 Å². The van der Waals surface area contributed by atoms with Crippen LogP contribution >= 0.6 is 0 Å². The molecule has 0 spiro atoms. The minimum atomic E-state index is -0.394. The molecule has 0 heterocycles. The molecular formula is C13H18FNO2. The quantitative estimate of drug-likeness (QED) is 0.613. The molecule has 1 aromatic carbocycles. The van der Waals surface area contributed by atoms with Gasteiger partial charge < -0.3 is 15.2 Å². The van der Waals surface area contributed by atoms with E-state index in [1.165, 1.54) is 18.9 Å². The zero-order chi connectivity index (χ0) is 12.3. The number of hydrogen-bond donors (Lipinski definition) is 1. The van der Waals surface area contributed by atoms with Gasteiger partial charge in [-0.15, -0.1) is 0 Å². The SMILES string of the molecule is CC(N)c1ccc(OCOCC2CC2)c(F)c1. The van der Waals surface area contributed by atoms with Crippen LogP contribution in [0, 0.1) is 11.7 Å². The first-order chi connectivity index (χ1) is 8.16. The summed E-state index contributed by atoms with van der Waals surface area (Å²) in [7, 11) is 0. The first-order valence-corrected chi connectivity index (χ1v) is 5.92. The first-order valence-electron chi connectivity index (χ1n) is 5.92. The molecule has 1 saturated carbocycles. The second-order valence-corrected chi connectivity index (χ2v) is 4.55. The van der Waals surface area contributed by atoms with Crippen molar-refractivity contribution < 1.29 is 13.9 Å². The van der Waals surface area contributed by atoms with Crippen molar-refractivity contribution in [2.24, 2.45) is 11.7 Å². The predicted octanol–water partition coefficient (Wildman–Crippen LogP) is 2.61. The van der Waals surface area contributed by atoms with Crippen LogP contribution in [-0.4, -0.2) is 13.4 Å². The monoisotopic (exact) mass is 239 g/mol. The number of halogens is 1. The van der Waals surface area contributed by atoms with E-state index >= 15 is 0 Å². The molecule has 0 saturated heterocycles. The van der Waals surface area contributed by atoms with E-state index in [1.54, 1.807) is 12.1 Å². The average molecular weight is 239 g/mol. The Balaban J connectivity index is 1.82. The largest absolute Gasteiger partial charge is 0.464 e. The van der Waals surface area contributed by atoms with Crippen molar-refractivity contribution in [1.29, 1.82) is 0 Å². The lowest BCUT2D eigenvalue weighted by Crippen LogP contribution is -2.08. The molecule has 0 amide bonds. The third-order valence-electron chi connectivity index (χ3n) is 2.83. The van der Waals surface area contributed by atoms with Gasteiger partial charge in [0, 0.05) is 6.04 Å². The molecule has 1 fully saturated rings. The number of benzene rings is 1. The smallest absolute Gasteiger partial charge is 0.189 e. The van der Waals surface area contributed by atoms with Crippen LogP contribution in [0.1, 0.15) is 31.4 Å². The summed E-state index contributed by atoms with van der Waals surface area (Å²) in [5.41, 5.74) is 6.42. The molecule has 1 unspecified atom stereocenters. The van der Waals surface area contributed by atoms with Crippen molar-refractivity contribution in [2.75, 3.05) is 13.4 Å². The fourth-order valence-corrected chi connectivity index (χ4v) is 1.52. The molecular weight excluding hydrogens is 221 g/mol. The zero-order valence-electron chi connectivity index (χ0n) is 9.99. The minimum absolute atomic E-state index is 0.102. The summed E-state index contributed by atoms with van der Waals surface area (Å²) < 4.78 is 24.1. The molecule has 1 aliphatic carbocycles. The predicted molar refractivity (Wildman–Crippen MR) is 63.2 cm³/mol. The van der Waals surface area contributed by atoms with E-state index in [1.807, 2.05) is 6.92 Å². The molecule has 0 radical (unpaired) electrons. The highest BCUT2D eigenvalue weighted by Crippen LogP contribution is 2.28. The Hall–Kier alpha value is -1.13. The Labute approximate surface area is 101 Å². The van der Waals surface area contributed by atoms with Gasteiger partial charge in [-0.25, -0.2) is 4.39 Å². The van der Waals surface area contributed by atoms with Gasteiger partial charge in [0.2, 0.25) is 0 Å². The Morgan fingerprint density at radius 3 is 2.82 bits per heavy atom. The molecule has 1 aromatic rings. The van der Waals surface area contributed by atoms with Crippen LogP contribution in [0.5, 0.6) is 5.75 Å². The van der Waals surface area contributed by atoms with Gasteiger partial charge in [0.25, 0.3) is 0 Å². The van der Waals surface area contributed by atoms with Crippen LogP contribution in [0.4, 0.5) is 4.39 Å². The maximum Gasteiger partial charge on any atom is 0.189 e. The summed E-state index contributed by atoms with van der Waals surface area (Å²) >= 11 is 0. The van der Waals surface area contributed by atoms with Gasteiger partial charge in [-0.3, -0.25) is 0 Å². The third kappa shape index (κ3) is 3.68. The Kier molecular flexibility index (Phi) is 3.97. The van der Waals surface area contributed by atoms with Crippen molar-refractivity contribution in [3.05, 3.63) is 29.6 Å². The van der Waals surface area contributed by atoms with E-state index in [0.29, 0.717) is 12.5 Å². The fraction of sp³-hybridized carbons (Fsp3) is 0.538. The molecule has 0 aliphatic heterocycles. The Morgan fingerprint density at radius 1 is 1.47 bits per heavy atom. The van der Waals surface area contributed by atoms with E-state index in [4.69, 9.17) is 15.2 Å². The maximum atomic E-state index is 13.6. The van der Waals surface area contributed by atoms with Gasteiger partial charge in [-0.1, -0.05) is 6.07 Å². The van der Waals surface area contributed by atoms with Crippen LogP contribution in [0.15, 0.2) is 18.2 Å². The van der Waals surface area contributed by atoms with Crippen LogP contribution < -0.4 is 10.5 Å². The van der Waals surface area contributed by atoms with Crippen LogP contribution in [0.25, 0.3) is 0 Å². The Morgan fingerprint density at radius 2 is 2.24 bits per heavy atom. The fourth-order valence-electron chi connectivity index (χ4n) is 1.52. The molecule has 0 aromatic heterocycles. The highest BCUT2D eigenvalue weighted by atomic mass is 19.1. The molecule has 2 N–H and O–H groups in total. The lowest BCUT2D eigenvalue weighted by atomic mass is 10.1. The van der Waals surface area contributed by atoms with Crippen molar-refractivity contribution in [3.8, 4) is 5.75 Å². The normalized spacial score (nSPS) is 16.9.